The highest BCUT2D eigenvalue weighted by atomic mass is 19.3. The van der Waals surface area contributed by atoms with Crippen molar-refractivity contribution in [3.8, 4) is 5.75 Å². The molecule has 0 N–H and O–H groups in total. The zero-order chi connectivity index (χ0) is 11.4. The Morgan fingerprint density at radius 1 is 1.40 bits per heavy atom. The minimum absolute atomic E-state index is 0.251. The highest BCUT2D eigenvalue weighted by molar-refractivity contribution is 5.92. The van der Waals surface area contributed by atoms with Gasteiger partial charge in [0.05, 0.1) is 7.11 Å². The molecule has 0 bridgehead atoms. The highest BCUT2D eigenvalue weighted by Crippen LogP contribution is 2.22. The highest BCUT2D eigenvalue weighted by Gasteiger charge is 2.16. The van der Waals surface area contributed by atoms with Gasteiger partial charge in [-0.05, 0) is 12.1 Å². The second-order valence-corrected chi connectivity index (χ2v) is 2.51. The average molecular weight is 220 g/mol. The Kier molecular flexibility index (Phi) is 3.54. The van der Waals surface area contributed by atoms with Crippen molar-refractivity contribution in [3.05, 3.63) is 29.6 Å². The summed E-state index contributed by atoms with van der Waals surface area (Å²) in [7, 11) is 1.08. The van der Waals surface area contributed by atoms with Crippen molar-refractivity contribution in [1.82, 2.24) is 0 Å². The summed E-state index contributed by atoms with van der Waals surface area (Å²) in [6.07, 6.45) is 0. The van der Waals surface area contributed by atoms with Crippen LogP contribution in [0.3, 0.4) is 0 Å². The fourth-order valence-electron chi connectivity index (χ4n) is 0.968. The first kappa shape index (κ1) is 11.4. The molecule has 0 heterocycles. The molecule has 0 radical (unpaired) electrons. The Balaban J connectivity index is 3.08. The summed E-state index contributed by atoms with van der Waals surface area (Å²) in [6, 6.07) is 2.65. The molecule has 0 fully saturated rings. The van der Waals surface area contributed by atoms with E-state index < -0.39 is 24.1 Å². The maximum absolute atomic E-state index is 12.7. The summed E-state index contributed by atoms with van der Waals surface area (Å²) in [5.41, 5.74) is -0.251. The van der Waals surface area contributed by atoms with Crippen LogP contribution in [0, 0.1) is 5.82 Å². The van der Waals surface area contributed by atoms with Gasteiger partial charge in [-0.15, -0.1) is 0 Å². The zero-order valence-corrected chi connectivity index (χ0v) is 7.67. The van der Waals surface area contributed by atoms with Crippen molar-refractivity contribution in [2.24, 2.45) is 0 Å². The van der Waals surface area contributed by atoms with E-state index in [0.717, 1.165) is 19.2 Å². The second-order valence-electron chi connectivity index (χ2n) is 2.51. The number of hydrogen-bond acceptors (Lipinski definition) is 3. The van der Waals surface area contributed by atoms with Crippen LogP contribution in [0.2, 0.25) is 0 Å². The molecule has 0 aliphatic rings. The first-order chi connectivity index (χ1) is 7.04. The number of benzene rings is 1. The quantitative estimate of drug-likeness (QED) is 0.732. The first-order valence-electron chi connectivity index (χ1n) is 3.87. The molecule has 0 aliphatic carbocycles. The predicted molar refractivity (Wildman–Crippen MR) is 44.4 cm³/mol. The minimum atomic E-state index is -3.13. The number of methoxy groups -OCH3 is 1. The molecule has 1 aromatic carbocycles. The topological polar surface area (TPSA) is 35.5 Å². The summed E-state index contributed by atoms with van der Waals surface area (Å²) in [4.78, 5) is 11.1. The third-order valence-corrected chi connectivity index (χ3v) is 1.57. The lowest BCUT2D eigenvalue weighted by Gasteiger charge is -2.08. The summed E-state index contributed by atoms with van der Waals surface area (Å²) < 4.78 is 44.8. The maximum Gasteiger partial charge on any atom is 0.387 e. The molecule has 1 aromatic rings. The fourth-order valence-corrected chi connectivity index (χ4v) is 0.968. The molecule has 6 heteroatoms. The van der Waals surface area contributed by atoms with Crippen molar-refractivity contribution in [2.75, 3.05) is 7.11 Å². The van der Waals surface area contributed by atoms with Crippen LogP contribution in [0.15, 0.2) is 18.2 Å². The molecule has 0 saturated heterocycles. The molecule has 1 rings (SSSR count). The van der Waals surface area contributed by atoms with E-state index in [1.54, 1.807) is 0 Å². The Labute approximate surface area is 83.4 Å². The van der Waals surface area contributed by atoms with Crippen LogP contribution in [0.1, 0.15) is 10.4 Å². The number of halogens is 3. The Morgan fingerprint density at radius 3 is 2.60 bits per heavy atom. The van der Waals surface area contributed by atoms with Crippen LogP contribution < -0.4 is 4.74 Å². The van der Waals surface area contributed by atoms with Gasteiger partial charge in [-0.3, -0.25) is 0 Å². The molecule has 3 nitrogen and oxygen atoms in total. The van der Waals surface area contributed by atoms with E-state index in [0.29, 0.717) is 6.07 Å². The summed E-state index contributed by atoms with van der Waals surface area (Å²) in [5, 5.41) is 0. The lowest BCUT2D eigenvalue weighted by molar-refractivity contribution is -0.0505. The van der Waals surface area contributed by atoms with Gasteiger partial charge in [0.15, 0.2) is 0 Å². The zero-order valence-electron chi connectivity index (χ0n) is 7.67. The lowest BCUT2D eigenvalue weighted by atomic mass is 10.2. The summed E-state index contributed by atoms with van der Waals surface area (Å²) in [6.45, 7) is -3.13. The third-order valence-electron chi connectivity index (χ3n) is 1.57. The SMILES string of the molecule is COC(=O)c1ccc(F)cc1OC(F)F. The predicted octanol–water partition coefficient (Wildman–Crippen LogP) is 2.21. The Morgan fingerprint density at radius 2 is 2.07 bits per heavy atom. The van der Waals surface area contributed by atoms with Crippen LogP contribution in [0.5, 0.6) is 5.75 Å². The Hall–Kier alpha value is -1.72. The van der Waals surface area contributed by atoms with Gasteiger partial charge in [0, 0.05) is 6.07 Å². The number of esters is 1. The van der Waals surface area contributed by atoms with Crippen molar-refractivity contribution >= 4 is 5.97 Å². The van der Waals surface area contributed by atoms with Gasteiger partial charge in [0.25, 0.3) is 0 Å². The van der Waals surface area contributed by atoms with Crippen LogP contribution >= 0.6 is 0 Å². The van der Waals surface area contributed by atoms with Crippen LogP contribution in [0.25, 0.3) is 0 Å². The number of carbonyl (C=O) groups is 1. The minimum Gasteiger partial charge on any atom is -0.465 e. The molecule has 0 aliphatic heterocycles. The molecule has 82 valence electrons. The van der Waals surface area contributed by atoms with E-state index in [-0.39, 0.29) is 5.56 Å². The molecule has 0 unspecified atom stereocenters. The van der Waals surface area contributed by atoms with Gasteiger partial charge < -0.3 is 9.47 Å². The number of hydrogen-bond donors (Lipinski definition) is 0. The smallest absolute Gasteiger partial charge is 0.387 e. The average Bonchev–Trinajstić information content (AvgIpc) is 2.16. The molecule has 0 spiro atoms. The van der Waals surface area contributed by atoms with Crippen LogP contribution in [-0.4, -0.2) is 19.7 Å². The van der Waals surface area contributed by atoms with Crippen molar-refractivity contribution in [1.29, 1.82) is 0 Å². The van der Waals surface area contributed by atoms with Gasteiger partial charge in [0.1, 0.15) is 17.1 Å². The van der Waals surface area contributed by atoms with Gasteiger partial charge in [-0.25, -0.2) is 9.18 Å². The number of carbonyl (C=O) groups excluding carboxylic acids is 1. The number of rotatable bonds is 3. The van der Waals surface area contributed by atoms with Crippen LogP contribution in [0.4, 0.5) is 13.2 Å². The molecule has 15 heavy (non-hydrogen) atoms. The molecule has 0 amide bonds. The van der Waals surface area contributed by atoms with Crippen molar-refractivity contribution < 1.29 is 27.4 Å². The van der Waals surface area contributed by atoms with E-state index in [1.165, 1.54) is 0 Å². The standard InChI is InChI=1S/C9H7F3O3/c1-14-8(13)6-3-2-5(10)4-7(6)15-9(11)12/h2-4,9H,1H3. The number of ether oxygens (including phenoxy) is 2. The molecular formula is C9H7F3O3. The monoisotopic (exact) mass is 220 g/mol. The van der Waals surface area contributed by atoms with E-state index in [4.69, 9.17) is 0 Å². The Bertz CT molecular complexity index is 366. The maximum atomic E-state index is 12.7. The summed E-state index contributed by atoms with van der Waals surface area (Å²) >= 11 is 0. The normalized spacial score (nSPS) is 10.2. The van der Waals surface area contributed by atoms with Crippen LogP contribution in [-0.2, 0) is 4.74 Å². The molecular weight excluding hydrogens is 213 g/mol. The van der Waals surface area contributed by atoms with E-state index in [9.17, 15) is 18.0 Å². The molecule has 0 aromatic heterocycles. The van der Waals surface area contributed by atoms with Gasteiger partial charge in [-0.2, -0.15) is 8.78 Å². The molecule has 0 saturated carbocycles. The fraction of sp³-hybridized carbons (Fsp3) is 0.222. The van der Waals surface area contributed by atoms with Gasteiger partial charge in [0.2, 0.25) is 0 Å². The van der Waals surface area contributed by atoms with Crippen molar-refractivity contribution in [3.63, 3.8) is 0 Å². The van der Waals surface area contributed by atoms with E-state index in [1.807, 2.05) is 0 Å². The second kappa shape index (κ2) is 4.68. The largest absolute Gasteiger partial charge is 0.465 e. The first-order valence-corrected chi connectivity index (χ1v) is 3.87. The van der Waals surface area contributed by atoms with E-state index >= 15 is 0 Å². The van der Waals surface area contributed by atoms with Gasteiger partial charge >= 0.3 is 12.6 Å². The lowest BCUT2D eigenvalue weighted by Crippen LogP contribution is -2.09. The van der Waals surface area contributed by atoms with Crippen molar-refractivity contribution in [2.45, 2.75) is 6.61 Å². The third kappa shape index (κ3) is 2.87. The van der Waals surface area contributed by atoms with Gasteiger partial charge in [-0.1, -0.05) is 0 Å². The molecule has 0 atom stereocenters. The number of alkyl halides is 2. The van der Waals surface area contributed by atoms with E-state index in [2.05, 4.69) is 9.47 Å². The summed E-state index contributed by atoms with van der Waals surface area (Å²) in [5.74, 6) is -2.19.